The summed E-state index contributed by atoms with van der Waals surface area (Å²) in [4.78, 5) is 24.7. The molecule has 1 amide bonds. The van der Waals surface area contributed by atoms with Gasteiger partial charge in [0.25, 0.3) is 5.91 Å². The Hall–Kier alpha value is -3.41. The maximum atomic E-state index is 12.4. The molecule has 0 radical (unpaired) electrons. The van der Waals surface area contributed by atoms with E-state index in [1.807, 2.05) is 56.4 Å². The van der Waals surface area contributed by atoms with Crippen molar-refractivity contribution in [1.82, 2.24) is 9.78 Å². The lowest BCUT2D eigenvalue weighted by atomic mass is 10.1. The first-order valence-corrected chi connectivity index (χ1v) is 9.08. The third-order valence-electron chi connectivity index (χ3n) is 4.39. The molecule has 3 rings (SSSR count). The highest BCUT2D eigenvalue weighted by Gasteiger charge is 2.19. The number of hydrogen-bond acceptors (Lipinski definition) is 4. The van der Waals surface area contributed by atoms with Gasteiger partial charge in [-0.2, -0.15) is 5.10 Å². The Labute approximate surface area is 164 Å². The molecule has 2 aromatic carbocycles. The number of nitrogens with zero attached hydrogens (tertiary/aromatic N) is 2. The molecule has 28 heavy (non-hydrogen) atoms. The van der Waals surface area contributed by atoms with Gasteiger partial charge in [-0.15, -0.1) is 0 Å². The van der Waals surface area contributed by atoms with Gasteiger partial charge < -0.3 is 10.1 Å². The lowest BCUT2D eigenvalue weighted by molar-refractivity contribution is -0.123. The third-order valence-corrected chi connectivity index (χ3v) is 4.39. The molecule has 1 atom stereocenters. The fraction of sp³-hybridized carbons (Fsp3) is 0.227. The molecule has 1 N–H and O–H groups in total. The normalized spacial score (nSPS) is 11.7. The van der Waals surface area contributed by atoms with Crippen molar-refractivity contribution in [3.8, 4) is 0 Å². The average molecular weight is 377 g/mol. The molecule has 0 bridgehead atoms. The summed E-state index contributed by atoms with van der Waals surface area (Å²) in [5, 5.41) is 6.96. The standard InChI is InChI=1S/C22H23N3O3/c1-15-5-10-20(16(2)13-15)24-21(26)17(3)28-22(27)19-8-6-18(7-9-19)14-25-12-4-11-23-25/h4-13,17H,14H2,1-3H3,(H,24,26). The summed E-state index contributed by atoms with van der Waals surface area (Å²) in [7, 11) is 0. The van der Waals surface area contributed by atoms with Crippen molar-refractivity contribution >= 4 is 17.6 Å². The number of carbonyl (C=O) groups is 2. The first-order chi connectivity index (χ1) is 13.4. The van der Waals surface area contributed by atoms with E-state index in [0.29, 0.717) is 17.8 Å². The van der Waals surface area contributed by atoms with Crippen molar-refractivity contribution < 1.29 is 14.3 Å². The number of hydrogen-bond donors (Lipinski definition) is 1. The molecule has 0 aliphatic rings. The Morgan fingerprint density at radius 2 is 1.89 bits per heavy atom. The number of nitrogens with one attached hydrogen (secondary N) is 1. The van der Waals surface area contributed by atoms with E-state index in [-0.39, 0.29) is 5.91 Å². The third kappa shape index (κ3) is 4.85. The monoisotopic (exact) mass is 377 g/mol. The quantitative estimate of drug-likeness (QED) is 0.664. The molecule has 0 fully saturated rings. The number of benzene rings is 2. The maximum absolute atomic E-state index is 12.4. The first-order valence-electron chi connectivity index (χ1n) is 9.08. The van der Waals surface area contributed by atoms with E-state index in [2.05, 4.69) is 10.4 Å². The number of rotatable bonds is 6. The number of aromatic nitrogens is 2. The second-order valence-corrected chi connectivity index (χ2v) is 6.76. The van der Waals surface area contributed by atoms with Crippen LogP contribution in [0.25, 0.3) is 0 Å². The molecule has 144 valence electrons. The maximum Gasteiger partial charge on any atom is 0.338 e. The molecule has 1 heterocycles. The highest BCUT2D eigenvalue weighted by Crippen LogP contribution is 2.17. The van der Waals surface area contributed by atoms with Crippen LogP contribution in [0, 0.1) is 13.8 Å². The smallest absolute Gasteiger partial charge is 0.338 e. The fourth-order valence-electron chi connectivity index (χ4n) is 2.80. The topological polar surface area (TPSA) is 73.2 Å². The van der Waals surface area contributed by atoms with Crippen LogP contribution in [0.1, 0.15) is 34.0 Å². The number of aryl methyl sites for hydroxylation is 2. The van der Waals surface area contributed by atoms with Gasteiger partial charge in [0.2, 0.25) is 0 Å². The summed E-state index contributed by atoms with van der Waals surface area (Å²) >= 11 is 0. The van der Waals surface area contributed by atoms with E-state index in [1.54, 1.807) is 29.9 Å². The number of anilines is 1. The summed E-state index contributed by atoms with van der Waals surface area (Å²) in [5.41, 5.74) is 4.20. The van der Waals surface area contributed by atoms with Crippen molar-refractivity contribution in [2.24, 2.45) is 0 Å². The van der Waals surface area contributed by atoms with Crippen molar-refractivity contribution in [1.29, 1.82) is 0 Å². The van der Waals surface area contributed by atoms with E-state index in [1.165, 1.54) is 0 Å². The molecule has 3 aromatic rings. The minimum atomic E-state index is -0.906. The number of carbonyl (C=O) groups excluding carboxylic acids is 2. The van der Waals surface area contributed by atoms with Crippen LogP contribution in [0.4, 0.5) is 5.69 Å². The second kappa shape index (κ2) is 8.52. The van der Waals surface area contributed by atoms with Gasteiger partial charge in [0.05, 0.1) is 12.1 Å². The number of ether oxygens (including phenoxy) is 1. The minimum absolute atomic E-state index is 0.365. The highest BCUT2D eigenvalue weighted by atomic mass is 16.5. The molecule has 1 aromatic heterocycles. The van der Waals surface area contributed by atoms with Crippen LogP contribution in [0.5, 0.6) is 0 Å². The predicted molar refractivity (Wildman–Crippen MR) is 107 cm³/mol. The zero-order valence-electron chi connectivity index (χ0n) is 16.2. The largest absolute Gasteiger partial charge is 0.449 e. The van der Waals surface area contributed by atoms with Gasteiger partial charge in [0, 0.05) is 18.1 Å². The van der Waals surface area contributed by atoms with Crippen LogP contribution in [-0.4, -0.2) is 27.8 Å². The van der Waals surface area contributed by atoms with Gasteiger partial charge in [0.15, 0.2) is 6.10 Å². The van der Waals surface area contributed by atoms with E-state index in [9.17, 15) is 9.59 Å². The van der Waals surface area contributed by atoms with Crippen molar-refractivity contribution in [3.05, 3.63) is 83.2 Å². The second-order valence-electron chi connectivity index (χ2n) is 6.76. The summed E-state index contributed by atoms with van der Waals surface area (Å²) in [6.07, 6.45) is 2.69. The molecular formula is C22H23N3O3. The Morgan fingerprint density at radius 3 is 2.54 bits per heavy atom. The lowest BCUT2D eigenvalue weighted by Crippen LogP contribution is -2.30. The zero-order valence-corrected chi connectivity index (χ0v) is 16.2. The summed E-state index contributed by atoms with van der Waals surface area (Å²) < 4.78 is 7.11. The SMILES string of the molecule is Cc1ccc(NC(=O)C(C)OC(=O)c2ccc(Cn3cccn3)cc2)c(C)c1. The zero-order chi connectivity index (χ0) is 20.1. The molecule has 0 saturated heterocycles. The van der Waals surface area contributed by atoms with Crippen molar-refractivity contribution in [2.75, 3.05) is 5.32 Å². The highest BCUT2D eigenvalue weighted by molar-refractivity contribution is 5.97. The van der Waals surface area contributed by atoms with Crippen molar-refractivity contribution in [2.45, 2.75) is 33.4 Å². The van der Waals surface area contributed by atoms with Crippen LogP contribution >= 0.6 is 0 Å². The van der Waals surface area contributed by atoms with E-state index in [4.69, 9.17) is 4.74 Å². The van der Waals surface area contributed by atoms with Gasteiger partial charge in [0.1, 0.15) is 0 Å². The van der Waals surface area contributed by atoms with Gasteiger partial charge in [-0.1, -0.05) is 29.8 Å². The summed E-state index contributed by atoms with van der Waals surface area (Å²) in [5.74, 6) is -0.899. The predicted octanol–water partition coefficient (Wildman–Crippen LogP) is 3.73. The molecule has 6 heteroatoms. The molecule has 0 aliphatic heterocycles. The van der Waals surface area contributed by atoms with Crippen molar-refractivity contribution in [3.63, 3.8) is 0 Å². The molecule has 0 aliphatic carbocycles. The van der Waals surface area contributed by atoms with Gasteiger partial charge in [-0.25, -0.2) is 4.79 Å². The van der Waals surface area contributed by atoms with E-state index >= 15 is 0 Å². The van der Waals surface area contributed by atoms with Gasteiger partial charge >= 0.3 is 5.97 Å². The summed E-state index contributed by atoms with van der Waals surface area (Å²) in [6, 6.07) is 14.7. The lowest BCUT2D eigenvalue weighted by Gasteiger charge is -2.15. The Balaban J connectivity index is 1.57. The Bertz CT molecular complexity index is 963. The molecular weight excluding hydrogens is 354 g/mol. The molecule has 0 spiro atoms. The number of amides is 1. The van der Waals surface area contributed by atoms with Crippen LogP contribution in [0.15, 0.2) is 60.9 Å². The van der Waals surface area contributed by atoms with Gasteiger partial charge in [-0.3, -0.25) is 9.48 Å². The average Bonchev–Trinajstić information content (AvgIpc) is 3.17. The van der Waals surface area contributed by atoms with Crippen LogP contribution in [-0.2, 0) is 16.1 Å². The Kier molecular flexibility index (Phi) is 5.89. The minimum Gasteiger partial charge on any atom is -0.449 e. The summed E-state index contributed by atoms with van der Waals surface area (Å²) in [6.45, 7) is 6.09. The Morgan fingerprint density at radius 1 is 1.14 bits per heavy atom. The van der Waals surface area contributed by atoms with Gasteiger partial charge in [-0.05, 0) is 56.2 Å². The molecule has 0 saturated carbocycles. The number of esters is 1. The van der Waals surface area contributed by atoms with Crippen LogP contribution in [0.3, 0.4) is 0 Å². The van der Waals surface area contributed by atoms with Crippen LogP contribution < -0.4 is 5.32 Å². The van der Waals surface area contributed by atoms with E-state index in [0.717, 1.165) is 16.7 Å². The fourth-order valence-corrected chi connectivity index (χ4v) is 2.80. The van der Waals surface area contributed by atoms with Crippen LogP contribution in [0.2, 0.25) is 0 Å². The molecule has 1 unspecified atom stereocenters. The van der Waals surface area contributed by atoms with E-state index < -0.39 is 12.1 Å². The first kappa shape index (κ1) is 19.4. The molecule has 6 nitrogen and oxygen atoms in total.